The molecule has 1 unspecified atom stereocenters. The first-order chi connectivity index (χ1) is 10.2. The van der Waals surface area contributed by atoms with Crippen molar-refractivity contribution in [2.75, 3.05) is 13.2 Å². The van der Waals surface area contributed by atoms with E-state index in [1.807, 2.05) is 6.92 Å². The van der Waals surface area contributed by atoms with Gasteiger partial charge in [-0.1, -0.05) is 12.1 Å². The summed E-state index contributed by atoms with van der Waals surface area (Å²) >= 11 is 0. The molecule has 2 aromatic rings. The fraction of sp³-hybridized carbons (Fsp3) is 0.500. The highest BCUT2D eigenvalue weighted by atomic mass is 16.5. The SMILES string of the molecule is Cc1nnc2n1CCN(C(C)c1ccc3c(c1)OCC3)C2. The molecule has 110 valence electrons. The minimum Gasteiger partial charge on any atom is -0.493 e. The van der Waals surface area contributed by atoms with Gasteiger partial charge in [-0.3, -0.25) is 4.90 Å². The molecule has 21 heavy (non-hydrogen) atoms. The maximum atomic E-state index is 5.69. The Bertz CT molecular complexity index is 679. The van der Waals surface area contributed by atoms with Crippen LogP contribution in [0.15, 0.2) is 18.2 Å². The Labute approximate surface area is 124 Å². The van der Waals surface area contributed by atoms with Crippen molar-refractivity contribution in [1.29, 1.82) is 0 Å². The molecule has 0 bridgehead atoms. The number of hydrogen-bond acceptors (Lipinski definition) is 4. The van der Waals surface area contributed by atoms with Crippen LogP contribution >= 0.6 is 0 Å². The molecule has 0 amide bonds. The lowest BCUT2D eigenvalue weighted by Crippen LogP contribution is -2.36. The van der Waals surface area contributed by atoms with Gasteiger partial charge in [0.05, 0.1) is 13.2 Å². The van der Waals surface area contributed by atoms with Gasteiger partial charge in [0.2, 0.25) is 0 Å². The number of ether oxygens (including phenoxy) is 1. The predicted octanol–water partition coefficient (Wildman–Crippen LogP) is 2.10. The normalized spacial score (nSPS) is 19.0. The maximum absolute atomic E-state index is 5.69. The van der Waals surface area contributed by atoms with Gasteiger partial charge in [0.1, 0.15) is 17.4 Å². The van der Waals surface area contributed by atoms with Crippen molar-refractivity contribution < 1.29 is 4.74 Å². The molecule has 0 saturated heterocycles. The zero-order valence-electron chi connectivity index (χ0n) is 12.5. The van der Waals surface area contributed by atoms with Gasteiger partial charge in [-0.25, -0.2) is 0 Å². The second kappa shape index (κ2) is 4.84. The van der Waals surface area contributed by atoms with E-state index in [0.29, 0.717) is 6.04 Å². The van der Waals surface area contributed by atoms with E-state index in [1.165, 1.54) is 11.1 Å². The van der Waals surface area contributed by atoms with E-state index in [4.69, 9.17) is 4.74 Å². The summed E-state index contributed by atoms with van der Waals surface area (Å²) in [6, 6.07) is 7.02. The summed E-state index contributed by atoms with van der Waals surface area (Å²) < 4.78 is 7.91. The lowest BCUT2D eigenvalue weighted by molar-refractivity contribution is 0.162. The molecule has 0 spiro atoms. The van der Waals surface area contributed by atoms with Crippen molar-refractivity contribution >= 4 is 0 Å². The zero-order chi connectivity index (χ0) is 14.4. The van der Waals surface area contributed by atoms with Gasteiger partial charge in [-0.15, -0.1) is 10.2 Å². The lowest BCUT2D eigenvalue weighted by atomic mass is 10.0. The molecule has 0 aliphatic carbocycles. The first kappa shape index (κ1) is 12.8. The van der Waals surface area contributed by atoms with Crippen LogP contribution in [-0.4, -0.2) is 32.8 Å². The monoisotopic (exact) mass is 284 g/mol. The summed E-state index contributed by atoms with van der Waals surface area (Å²) in [5.74, 6) is 3.15. The minimum absolute atomic E-state index is 0.366. The van der Waals surface area contributed by atoms with E-state index in [-0.39, 0.29) is 0 Å². The third-order valence-corrected chi connectivity index (χ3v) is 4.72. The van der Waals surface area contributed by atoms with Crippen LogP contribution in [-0.2, 0) is 19.5 Å². The quantitative estimate of drug-likeness (QED) is 0.847. The number of aromatic nitrogens is 3. The Morgan fingerprint density at radius 3 is 3.05 bits per heavy atom. The first-order valence-electron chi connectivity index (χ1n) is 7.61. The van der Waals surface area contributed by atoms with Crippen LogP contribution in [0.25, 0.3) is 0 Å². The van der Waals surface area contributed by atoms with Gasteiger partial charge >= 0.3 is 0 Å². The van der Waals surface area contributed by atoms with E-state index in [9.17, 15) is 0 Å². The fourth-order valence-corrected chi connectivity index (χ4v) is 3.31. The Hall–Kier alpha value is -1.88. The van der Waals surface area contributed by atoms with E-state index in [1.54, 1.807) is 0 Å². The molecule has 2 aliphatic rings. The van der Waals surface area contributed by atoms with E-state index >= 15 is 0 Å². The summed E-state index contributed by atoms with van der Waals surface area (Å²) in [6.45, 7) is 7.97. The van der Waals surface area contributed by atoms with Gasteiger partial charge in [-0.2, -0.15) is 0 Å². The largest absolute Gasteiger partial charge is 0.493 e. The van der Waals surface area contributed by atoms with E-state index in [2.05, 4.69) is 44.8 Å². The molecule has 0 radical (unpaired) electrons. The summed E-state index contributed by atoms with van der Waals surface area (Å²) in [4.78, 5) is 2.46. The number of nitrogens with zero attached hydrogens (tertiary/aromatic N) is 4. The number of fused-ring (bicyclic) bond motifs is 2. The second-order valence-electron chi connectivity index (χ2n) is 5.93. The standard InChI is InChI=1S/C16H20N4O/c1-11(14-4-3-13-5-8-21-15(13)9-14)19-6-7-20-12(2)17-18-16(20)10-19/h3-4,9,11H,5-8,10H2,1-2H3. The summed E-state index contributed by atoms with van der Waals surface area (Å²) in [7, 11) is 0. The molecule has 4 rings (SSSR count). The van der Waals surface area contributed by atoms with Crippen LogP contribution in [0.1, 0.15) is 35.7 Å². The average molecular weight is 284 g/mol. The number of rotatable bonds is 2. The number of benzene rings is 1. The molecule has 0 N–H and O–H groups in total. The third kappa shape index (κ3) is 2.12. The Balaban J connectivity index is 1.57. The van der Waals surface area contributed by atoms with Crippen molar-refractivity contribution in [3.05, 3.63) is 41.0 Å². The highest BCUT2D eigenvalue weighted by Gasteiger charge is 2.25. The summed E-state index contributed by atoms with van der Waals surface area (Å²) in [5.41, 5.74) is 2.65. The molecule has 1 aromatic heterocycles. The summed E-state index contributed by atoms with van der Waals surface area (Å²) in [5, 5.41) is 8.47. The van der Waals surface area contributed by atoms with Crippen LogP contribution in [0, 0.1) is 6.92 Å². The highest BCUT2D eigenvalue weighted by Crippen LogP contribution is 2.31. The third-order valence-electron chi connectivity index (χ3n) is 4.72. The van der Waals surface area contributed by atoms with E-state index in [0.717, 1.165) is 50.1 Å². The van der Waals surface area contributed by atoms with Crippen molar-refractivity contribution in [1.82, 2.24) is 19.7 Å². The Morgan fingerprint density at radius 2 is 2.14 bits per heavy atom. The van der Waals surface area contributed by atoms with Gasteiger partial charge < -0.3 is 9.30 Å². The first-order valence-corrected chi connectivity index (χ1v) is 7.61. The van der Waals surface area contributed by atoms with Crippen LogP contribution in [0.3, 0.4) is 0 Å². The zero-order valence-corrected chi connectivity index (χ0v) is 12.5. The molecule has 3 heterocycles. The molecule has 0 saturated carbocycles. The Kier molecular flexibility index (Phi) is 2.96. The van der Waals surface area contributed by atoms with Crippen LogP contribution in [0.2, 0.25) is 0 Å². The van der Waals surface area contributed by atoms with Crippen molar-refractivity contribution in [3.63, 3.8) is 0 Å². The molecular formula is C16H20N4O. The minimum atomic E-state index is 0.366. The molecule has 1 aromatic carbocycles. The molecule has 0 fully saturated rings. The van der Waals surface area contributed by atoms with Gasteiger partial charge in [0.15, 0.2) is 0 Å². The van der Waals surface area contributed by atoms with Gasteiger partial charge in [0, 0.05) is 25.6 Å². The maximum Gasteiger partial charge on any atom is 0.147 e. The van der Waals surface area contributed by atoms with Crippen LogP contribution in [0.5, 0.6) is 5.75 Å². The molecular weight excluding hydrogens is 264 g/mol. The smallest absolute Gasteiger partial charge is 0.147 e. The van der Waals surface area contributed by atoms with Gasteiger partial charge in [-0.05, 0) is 31.0 Å². The van der Waals surface area contributed by atoms with Crippen molar-refractivity contribution in [2.24, 2.45) is 0 Å². The topological polar surface area (TPSA) is 43.2 Å². The van der Waals surface area contributed by atoms with Crippen LogP contribution < -0.4 is 4.74 Å². The van der Waals surface area contributed by atoms with Gasteiger partial charge in [0.25, 0.3) is 0 Å². The molecule has 1 atom stereocenters. The lowest BCUT2D eigenvalue weighted by Gasteiger charge is -2.33. The number of aryl methyl sites for hydroxylation is 1. The Morgan fingerprint density at radius 1 is 1.24 bits per heavy atom. The number of hydrogen-bond donors (Lipinski definition) is 0. The molecule has 5 heteroatoms. The van der Waals surface area contributed by atoms with Crippen molar-refractivity contribution in [3.8, 4) is 5.75 Å². The van der Waals surface area contributed by atoms with E-state index < -0.39 is 0 Å². The molecule has 2 aliphatic heterocycles. The molecule has 5 nitrogen and oxygen atoms in total. The predicted molar refractivity (Wildman–Crippen MR) is 79.2 cm³/mol. The van der Waals surface area contributed by atoms with Crippen molar-refractivity contribution in [2.45, 2.75) is 39.4 Å². The average Bonchev–Trinajstić information content (AvgIpc) is 3.12. The fourth-order valence-electron chi connectivity index (χ4n) is 3.31. The highest BCUT2D eigenvalue weighted by molar-refractivity contribution is 5.41. The van der Waals surface area contributed by atoms with Crippen LogP contribution in [0.4, 0.5) is 0 Å². The summed E-state index contributed by atoms with van der Waals surface area (Å²) in [6.07, 6.45) is 1.04. The second-order valence-corrected chi connectivity index (χ2v) is 5.93.